The Bertz CT molecular complexity index is 331. The molecule has 1 rings (SSSR count). The van der Waals surface area contributed by atoms with Gasteiger partial charge in [-0.1, -0.05) is 11.6 Å². The molecule has 0 amide bonds. The van der Waals surface area contributed by atoms with Crippen molar-refractivity contribution >= 4 is 44.9 Å². The highest BCUT2D eigenvalue weighted by Crippen LogP contribution is 2.24. The van der Waals surface area contributed by atoms with E-state index in [1.54, 1.807) is 6.20 Å². The van der Waals surface area contributed by atoms with Gasteiger partial charge < -0.3 is 5.32 Å². The van der Waals surface area contributed by atoms with Crippen LogP contribution in [0.5, 0.6) is 0 Å². The molecule has 0 spiro atoms. The summed E-state index contributed by atoms with van der Waals surface area (Å²) in [6.07, 6.45) is 2.58. The first-order chi connectivity index (χ1) is 6.99. The predicted octanol–water partition coefficient (Wildman–Crippen LogP) is 4.32. The van der Waals surface area contributed by atoms with Gasteiger partial charge >= 0.3 is 0 Å². The SMILES string of the molecule is CC(Cl)CC(C)Nc1ncc(Br)cc1Cl. The van der Waals surface area contributed by atoms with E-state index in [4.69, 9.17) is 23.2 Å². The van der Waals surface area contributed by atoms with E-state index in [0.29, 0.717) is 10.8 Å². The molecule has 15 heavy (non-hydrogen) atoms. The Hall–Kier alpha value is 0.01000. The zero-order valence-electron chi connectivity index (χ0n) is 8.60. The molecule has 0 bridgehead atoms. The van der Waals surface area contributed by atoms with E-state index in [0.717, 1.165) is 10.9 Å². The van der Waals surface area contributed by atoms with Crippen molar-refractivity contribution in [2.24, 2.45) is 0 Å². The van der Waals surface area contributed by atoms with Crippen LogP contribution in [0.3, 0.4) is 0 Å². The minimum atomic E-state index is 0.140. The molecule has 0 aromatic carbocycles. The van der Waals surface area contributed by atoms with Gasteiger partial charge in [0.2, 0.25) is 0 Å². The summed E-state index contributed by atoms with van der Waals surface area (Å²) in [6.45, 7) is 4.02. The van der Waals surface area contributed by atoms with Crippen molar-refractivity contribution < 1.29 is 0 Å². The lowest BCUT2D eigenvalue weighted by Crippen LogP contribution is -2.19. The molecule has 0 aliphatic carbocycles. The van der Waals surface area contributed by atoms with Gasteiger partial charge in [0, 0.05) is 22.1 Å². The van der Waals surface area contributed by atoms with Crippen LogP contribution in [0.1, 0.15) is 20.3 Å². The summed E-state index contributed by atoms with van der Waals surface area (Å²) in [4.78, 5) is 4.19. The van der Waals surface area contributed by atoms with E-state index >= 15 is 0 Å². The molecule has 0 saturated carbocycles. The third-order valence-electron chi connectivity index (χ3n) is 1.87. The first-order valence-corrected chi connectivity index (χ1v) is 6.31. The van der Waals surface area contributed by atoms with Gasteiger partial charge in [-0.25, -0.2) is 4.98 Å². The minimum Gasteiger partial charge on any atom is -0.366 e. The Labute approximate surface area is 108 Å². The van der Waals surface area contributed by atoms with Crippen molar-refractivity contribution in [2.75, 3.05) is 5.32 Å². The van der Waals surface area contributed by atoms with E-state index in [1.165, 1.54) is 0 Å². The topological polar surface area (TPSA) is 24.9 Å². The molecule has 2 nitrogen and oxygen atoms in total. The van der Waals surface area contributed by atoms with Crippen LogP contribution in [0, 0.1) is 0 Å². The second kappa shape index (κ2) is 5.92. The highest BCUT2D eigenvalue weighted by atomic mass is 79.9. The van der Waals surface area contributed by atoms with Crippen LogP contribution in [0.15, 0.2) is 16.7 Å². The molecule has 0 radical (unpaired) electrons. The average Bonchev–Trinajstić information content (AvgIpc) is 2.08. The number of pyridine rings is 1. The van der Waals surface area contributed by atoms with Crippen molar-refractivity contribution in [2.45, 2.75) is 31.7 Å². The molecule has 0 saturated heterocycles. The number of nitrogens with zero attached hydrogens (tertiary/aromatic N) is 1. The number of halogens is 3. The quantitative estimate of drug-likeness (QED) is 0.838. The van der Waals surface area contributed by atoms with Crippen LogP contribution in [0.2, 0.25) is 5.02 Å². The molecule has 0 fully saturated rings. The van der Waals surface area contributed by atoms with E-state index in [9.17, 15) is 0 Å². The first kappa shape index (κ1) is 13.1. The summed E-state index contributed by atoms with van der Waals surface area (Å²) < 4.78 is 0.872. The fourth-order valence-electron chi connectivity index (χ4n) is 1.30. The van der Waals surface area contributed by atoms with Crippen molar-refractivity contribution in [1.82, 2.24) is 4.98 Å². The summed E-state index contributed by atoms with van der Waals surface area (Å²) in [5.41, 5.74) is 0. The van der Waals surface area contributed by atoms with E-state index in [1.807, 2.05) is 13.0 Å². The van der Waals surface area contributed by atoms with Crippen molar-refractivity contribution in [3.05, 3.63) is 21.8 Å². The Morgan fingerprint density at radius 3 is 2.73 bits per heavy atom. The van der Waals surface area contributed by atoms with Crippen LogP contribution in [0.25, 0.3) is 0 Å². The smallest absolute Gasteiger partial charge is 0.145 e. The molecule has 2 unspecified atom stereocenters. The third-order valence-corrected chi connectivity index (χ3v) is 2.77. The summed E-state index contributed by atoms with van der Waals surface area (Å²) in [5.74, 6) is 0.699. The maximum absolute atomic E-state index is 6.02. The van der Waals surface area contributed by atoms with E-state index in [2.05, 4.69) is 33.2 Å². The summed E-state index contributed by atoms with van der Waals surface area (Å²) >= 11 is 15.2. The second-order valence-corrected chi connectivity index (χ2v) is 5.61. The molecule has 1 heterocycles. The van der Waals surface area contributed by atoms with Crippen molar-refractivity contribution in [3.8, 4) is 0 Å². The minimum absolute atomic E-state index is 0.140. The highest BCUT2D eigenvalue weighted by Gasteiger charge is 2.09. The van der Waals surface area contributed by atoms with Gasteiger partial charge in [0.1, 0.15) is 5.82 Å². The molecule has 1 aromatic rings. The monoisotopic (exact) mass is 310 g/mol. The van der Waals surface area contributed by atoms with Crippen LogP contribution in [-0.4, -0.2) is 16.4 Å². The Morgan fingerprint density at radius 2 is 2.20 bits per heavy atom. The fraction of sp³-hybridized carbons (Fsp3) is 0.500. The fourth-order valence-corrected chi connectivity index (χ4v) is 2.25. The summed E-state index contributed by atoms with van der Waals surface area (Å²) in [6, 6.07) is 2.07. The lowest BCUT2D eigenvalue weighted by molar-refractivity contribution is 0.693. The largest absolute Gasteiger partial charge is 0.366 e. The highest BCUT2D eigenvalue weighted by molar-refractivity contribution is 9.10. The number of nitrogens with one attached hydrogen (secondary N) is 1. The number of hydrogen-bond donors (Lipinski definition) is 1. The van der Waals surface area contributed by atoms with E-state index < -0.39 is 0 Å². The molecule has 0 aliphatic rings. The maximum atomic E-state index is 6.02. The average molecular weight is 312 g/mol. The van der Waals surface area contributed by atoms with Gasteiger partial charge in [-0.2, -0.15) is 0 Å². The lowest BCUT2D eigenvalue weighted by atomic mass is 10.2. The predicted molar refractivity (Wildman–Crippen MR) is 70.0 cm³/mol. The zero-order chi connectivity index (χ0) is 11.4. The molecule has 1 aromatic heterocycles. The summed E-state index contributed by atoms with van der Waals surface area (Å²) in [7, 11) is 0. The van der Waals surface area contributed by atoms with Gasteiger partial charge in [-0.3, -0.25) is 0 Å². The molecule has 2 atom stereocenters. The number of rotatable bonds is 4. The van der Waals surface area contributed by atoms with Gasteiger partial charge in [-0.05, 0) is 42.3 Å². The zero-order valence-corrected chi connectivity index (χ0v) is 11.7. The number of hydrogen-bond acceptors (Lipinski definition) is 2. The van der Waals surface area contributed by atoms with Crippen LogP contribution < -0.4 is 5.32 Å². The Balaban J connectivity index is 2.64. The normalized spacial score (nSPS) is 14.7. The van der Waals surface area contributed by atoms with Gasteiger partial charge in [0.15, 0.2) is 0 Å². The first-order valence-electron chi connectivity index (χ1n) is 4.70. The number of aromatic nitrogens is 1. The number of anilines is 1. The van der Waals surface area contributed by atoms with Crippen LogP contribution in [0.4, 0.5) is 5.82 Å². The standard InChI is InChI=1S/C10H13BrCl2N2/c1-6(12)3-7(2)15-10-9(13)4-8(11)5-14-10/h4-7H,3H2,1-2H3,(H,14,15). The Morgan fingerprint density at radius 1 is 1.53 bits per heavy atom. The van der Waals surface area contributed by atoms with Gasteiger partial charge in [0.05, 0.1) is 5.02 Å². The van der Waals surface area contributed by atoms with Gasteiger partial charge in [0.25, 0.3) is 0 Å². The number of alkyl halides is 1. The van der Waals surface area contributed by atoms with Crippen molar-refractivity contribution in [3.63, 3.8) is 0 Å². The molecular weight excluding hydrogens is 299 g/mol. The molecule has 0 aliphatic heterocycles. The lowest BCUT2D eigenvalue weighted by Gasteiger charge is -2.16. The van der Waals surface area contributed by atoms with Crippen LogP contribution in [-0.2, 0) is 0 Å². The third kappa shape index (κ3) is 4.58. The maximum Gasteiger partial charge on any atom is 0.145 e. The Kier molecular flexibility index (Phi) is 5.16. The van der Waals surface area contributed by atoms with Gasteiger partial charge in [-0.15, -0.1) is 11.6 Å². The van der Waals surface area contributed by atoms with E-state index in [-0.39, 0.29) is 11.4 Å². The van der Waals surface area contributed by atoms with Crippen LogP contribution >= 0.6 is 39.1 Å². The molecular formula is C10H13BrCl2N2. The second-order valence-electron chi connectivity index (χ2n) is 3.55. The van der Waals surface area contributed by atoms with Crippen molar-refractivity contribution in [1.29, 1.82) is 0 Å². The summed E-state index contributed by atoms with van der Waals surface area (Å²) in [5, 5.41) is 3.97. The molecule has 1 N–H and O–H groups in total. The molecule has 84 valence electrons. The molecule has 5 heteroatoms.